The van der Waals surface area contributed by atoms with Gasteiger partial charge in [0, 0.05) is 36.3 Å². The maximum Gasteiger partial charge on any atom is 0.0839 e. The van der Waals surface area contributed by atoms with Crippen molar-refractivity contribution >= 4 is 21.6 Å². The van der Waals surface area contributed by atoms with E-state index >= 15 is 0 Å². The van der Waals surface area contributed by atoms with Crippen LogP contribution in [0.2, 0.25) is 0 Å². The van der Waals surface area contributed by atoms with Crippen molar-refractivity contribution in [3.63, 3.8) is 0 Å². The zero-order valence-corrected chi connectivity index (χ0v) is 12.8. The van der Waals surface area contributed by atoms with Crippen LogP contribution < -0.4 is 5.32 Å². The van der Waals surface area contributed by atoms with Gasteiger partial charge >= 0.3 is 0 Å². The van der Waals surface area contributed by atoms with E-state index in [4.69, 9.17) is 4.74 Å². The Hall–Kier alpha value is -0.620. The molecule has 0 radical (unpaired) electrons. The lowest BCUT2D eigenvalue weighted by atomic mass is 10.2. The highest BCUT2D eigenvalue weighted by Gasteiger charge is 2.14. The first-order chi connectivity index (χ1) is 9.15. The summed E-state index contributed by atoms with van der Waals surface area (Å²) in [5.41, 5.74) is 2.23. The van der Waals surface area contributed by atoms with Gasteiger partial charge in [-0.05, 0) is 24.6 Å². The SMILES string of the molecule is Cc1ccc(NCC(O)CN2CCOCC2)cc1Br. The molecule has 1 aliphatic heterocycles. The van der Waals surface area contributed by atoms with Gasteiger partial charge in [0.25, 0.3) is 0 Å². The number of hydrogen-bond donors (Lipinski definition) is 2. The Morgan fingerprint density at radius 3 is 2.84 bits per heavy atom. The third-order valence-electron chi connectivity index (χ3n) is 3.29. The molecule has 1 aromatic carbocycles. The smallest absolute Gasteiger partial charge is 0.0839 e. The minimum Gasteiger partial charge on any atom is -0.390 e. The molecule has 1 unspecified atom stereocenters. The van der Waals surface area contributed by atoms with E-state index in [-0.39, 0.29) is 6.10 Å². The van der Waals surface area contributed by atoms with Gasteiger partial charge in [-0.25, -0.2) is 0 Å². The molecule has 0 spiro atoms. The molecule has 1 aliphatic rings. The minimum atomic E-state index is -0.363. The molecule has 0 bridgehead atoms. The summed E-state index contributed by atoms with van der Waals surface area (Å²) < 4.78 is 6.37. The maximum atomic E-state index is 10.0. The highest BCUT2D eigenvalue weighted by atomic mass is 79.9. The molecule has 1 heterocycles. The molecule has 5 heteroatoms. The quantitative estimate of drug-likeness (QED) is 0.866. The van der Waals surface area contributed by atoms with Gasteiger partial charge in [-0.2, -0.15) is 0 Å². The Labute approximate surface area is 122 Å². The van der Waals surface area contributed by atoms with E-state index in [1.807, 2.05) is 12.1 Å². The molecule has 2 rings (SSSR count). The van der Waals surface area contributed by atoms with Crippen molar-refractivity contribution in [1.29, 1.82) is 0 Å². The first kappa shape index (κ1) is 14.8. The molecule has 1 aromatic rings. The summed E-state index contributed by atoms with van der Waals surface area (Å²) in [5, 5.41) is 13.3. The van der Waals surface area contributed by atoms with Gasteiger partial charge in [0.15, 0.2) is 0 Å². The third-order valence-corrected chi connectivity index (χ3v) is 4.14. The summed E-state index contributed by atoms with van der Waals surface area (Å²) in [6, 6.07) is 6.12. The number of benzene rings is 1. The van der Waals surface area contributed by atoms with Crippen molar-refractivity contribution in [3.8, 4) is 0 Å². The van der Waals surface area contributed by atoms with E-state index in [0.29, 0.717) is 13.1 Å². The number of rotatable bonds is 5. The highest BCUT2D eigenvalue weighted by Crippen LogP contribution is 2.20. The van der Waals surface area contributed by atoms with Gasteiger partial charge in [0.05, 0.1) is 19.3 Å². The van der Waals surface area contributed by atoms with Crippen LogP contribution in [0.5, 0.6) is 0 Å². The summed E-state index contributed by atoms with van der Waals surface area (Å²) in [4.78, 5) is 2.24. The van der Waals surface area contributed by atoms with Gasteiger partial charge in [-0.15, -0.1) is 0 Å². The number of hydrogen-bond acceptors (Lipinski definition) is 4. The van der Waals surface area contributed by atoms with Gasteiger partial charge in [-0.3, -0.25) is 4.90 Å². The lowest BCUT2D eigenvalue weighted by molar-refractivity contribution is 0.0171. The van der Waals surface area contributed by atoms with Crippen molar-refractivity contribution < 1.29 is 9.84 Å². The Morgan fingerprint density at radius 1 is 1.42 bits per heavy atom. The number of β-amino-alcohol motifs (C(OH)–C–C–N with tert-alkyl or cyclic N) is 1. The first-order valence-electron chi connectivity index (χ1n) is 6.63. The van der Waals surface area contributed by atoms with Crippen LogP contribution in [0.25, 0.3) is 0 Å². The molecule has 1 saturated heterocycles. The largest absolute Gasteiger partial charge is 0.390 e. The number of nitrogens with zero attached hydrogens (tertiary/aromatic N) is 1. The van der Waals surface area contributed by atoms with E-state index in [1.54, 1.807) is 0 Å². The van der Waals surface area contributed by atoms with Crippen LogP contribution in [0.4, 0.5) is 5.69 Å². The topological polar surface area (TPSA) is 44.7 Å². The van der Waals surface area contributed by atoms with E-state index in [9.17, 15) is 5.11 Å². The van der Waals surface area contributed by atoms with E-state index in [1.165, 1.54) is 5.56 Å². The lowest BCUT2D eigenvalue weighted by Gasteiger charge is -2.28. The Kier molecular flexibility index (Phi) is 5.63. The molecular formula is C14H21BrN2O2. The lowest BCUT2D eigenvalue weighted by Crippen LogP contribution is -2.42. The average molecular weight is 329 g/mol. The van der Waals surface area contributed by atoms with Crippen molar-refractivity contribution in [2.75, 3.05) is 44.7 Å². The Balaban J connectivity index is 1.75. The van der Waals surface area contributed by atoms with Crippen LogP contribution in [0.1, 0.15) is 5.56 Å². The molecule has 0 saturated carbocycles. The number of anilines is 1. The third kappa shape index (κ3) is 4.76. The summed E-state index contributed by atoms with van der Waals surface area (Å²) in [6.07, 6.45) is -0.363. The van der Waals surface area contributed by atoms with Gasteiger partial charge < -0.3 is 15.2 Å². The number of morpholine rings is 1. The molecule has 1 atom stereocenters. The maximum absolute atomic E-state index is 10.0. The number of aryl methyl sites for hydroxylation is 1. The zero-order valence-electron chi connectivity index (χ0n) is 11.2. The molecular weight excluding hydrogens is 308 g/mol. The van der Waals surface area contributed by atoms with E-state index in [0.717, 1.165) is 36.5 Å². The standard InChI is InChI=1S/C14H21BrN2O2/c1-11-2-3-12(8-14(11)15)16-9-13(18)10-17-4-6-19-7-5-17/h2-3,8,13,16,18H,4-7,9-10H2,1H3. The summed E-state index contributed by atoms with van der Waals surface area (Å²) in [7, 11) is 0. The monoisotopic (exact) mass is 328 g/mol. The number of nitrogens with one attached hydrogen (secondary N) is 1. The number of halogens is 1. The van der Waals surface area contributed by atoms with Crippen molar-refractivity contribution in [3.05, 3.63) is 28.2 Å². The summed E-state index contributed by atoms with van der Waals surface area (Å²) in [6.45, 7) is 6.67. The number of aliphatic hydroxyl groups excluding tert-OH is 1. The Bertz CT molecular complexity index is 408. The second-order valence-electron chi connectivity index (χ2n) is 4.91. The van der Waals surface area contributed by atoms with Crippen LogP contribution in [0, 0.1) is 6.92 Å². The van der Waals surface area contributed by atoms with Crippen molar-refractivity contribution in [1.82, 2.24) is 4.90 Å². The van der Waals surface area contributed by atoms with E-state index < -0.39 is 0 Å². The van der Waals surface area contributed by atoms with Gasteiger partial charge in [0.1, 0.15) is 0 Å². The summed E-state index contributed by atoms with van der Waals surface area (Å²) >= 11 is 3.51. The van der Waals surface area contributed by atoms with Crippen LogP contribution in [-0.2, 0) is 4.74 Å². The second-order valence-corrected chi connectivity index (χ2v) is 5.77. The molecule has 2 N–H and O–H groups in total. The van der Waals surface area contributed by atoms with Crippen molar-refractivity contribution in [2.24, 2.45) is 0 Å². The van der Waals surface area contributed by atoms with Crippen LogP contribution in [0.15, 0.2) is 22.7 Å². The molecule has 19 heavy (non-hydrogen) atoms. The fourth-order valence-electron chi connectivity index (χ4n) is 2.08. The van der Waals surface area contributed by atoms with Crippen LogP contribution in [-0.4, -0.2) is 55.5 Å². The fourth-order valence-corrected chi connectivity index (χ4v) is 2.46. The predicted molar refractivity (Wildman–Crippen MR) is 80.6 cm³/mol. The zero-order chi connectivity index (χ0) is 13.7. The molecule has 4 nitrogen and oxygen atoms in total. The van der Waals surface area contributed by atoms with Gasteiger partial charge in [0.2, 0.25) is 0 Å². The van der Waals surface area contributed by atoms with Crippen molar-refractivity contribution in [2.45, 2.75) is 13.0 Å². The molecule has 0 amide bonds. The Morgan fingerprint density at radius 2 is 2.16 bits per heavy atom. The van der Waals surface area contributed by atoms with Crippen LogP contribution in [0.3, 0.4) is 0 Å². The fraction of sp³-hybridized carbons (Fsp3) is 0.571. The average Bonchev–Trinajstić information content (AvgIpc) is 2.41. The number of aliphatic hydroxyl groups is 1. The van der Waals surface area contributed by atoms with E-state index in [2.05, 4.69) is 39.1 Å². The molecule has 106 valence electrons. The minimum absolute atomic E-state index is 0.363. The molecule has 0 aliphatic carbocycles. The molecule has 1 fully saturated rings. The van der Waals surface area contributed by atoms with Gasteiger partial charge in [-0.1, -0.05) is 22.0 Å². The predicted octanol–water partition coefficient (Wildman–Crippen LogP) is 1.86. The summed E-state index contributed by atoms with van der Waals surface area (Å²) in [5.74, 6) is 0. The second kappa shape index (κ2) is 7.24. The normalized spacial score (nSPS) is 18.3. The first-order valence-corrected chi connectivity index (χ1v) is 7.42. The highest BCUT2D eigenvalue weighted by molar-refractivity contribution is 9.10. The number of ether oxygens (including phenoxy) is 1. The molecule has 0 aromatic heterocycles. The van der Waals surface area contributed by atoms with Crippen LogP contribution >= 0.6 is 15.9 Å².